The quantitative estimate of drug-likeness (QED) is 0.0240. The smallest absolute Gasteiger partial charge is 0.0864 e. The summed E-state index contributed by atoms with van der Waals surface area (Å²) in [6, 6.07) is 0. The molecule has 0 saturated heterocycles. The number of unbranched alkanes of at least 4 members (excludes halogenated alkanes) is 18. The molecule has 264 valence electrons. The number of likely N-dealkylation sites (N-methyl/N-ethyl adjacent to an activating group) is 1. The summed E-state index contributed by atoms with van der Waals surface area (Å²) < 4.78 is 0. The standard InChI is InChI=1S/C40H79N5/c1-5-7-9-11-13-15-17-19-21-23-25-27-29-31-33-35-37-41-43-39-40(45(3)4)44-42-38-36-34-32-30-28-26-24-22-20-18-16-14-12-10-8-6-2/h13-16,19-22,40-44H,5-12,17-18,23-39H2,1-4H3/b15-13-,16-14-,21-19-,22-20-. The SMILES string of the molecule is CCCCC/C=C\C/C=C\CCCCCCCCNNCC(NNCCCCCCCC/C=C\C/C=C\CCCCC)N(C)C. The second kappa shape index (κ2) is 38.9. The van der Waals surface area contributed by atoms with Gasteiger partial charge in [-0.1, -0.05) is 140 Å². The highest BCUT2D eigenvalue weighted by molar-refractivity contribution is 4.93. The second-order valence-electron chi connectivity index (χ2n) is 13.0. The lowest BCUT2D eigenvalue weighted by molar-refractivity contribution is 0.207. The first-order valence-electron chi connectivity index (χ1n) is 19.4. The Morgan fingerprint density at radius 2 is 0.800 bits per heavy atom. The van der Waals surface area contributed by atoms with E-state index in [0.29, 0.717) is 0 Å². The molecule has 0 fully saturated rings. The number of allylic oxidation sites excluding steroid dienone is 8. The third kappa shape index (κ3) is 37.1. The summed E-state index contributed by atoms with van der Waals surface area (Å²) in [5, 5.41) is 0. The number of hydrogen-bond acceptors (Lipinski definition) is 5. The fourth-order valence-corrected chi connectivity index (χ4v) is 5.21. The molecule has 0 aromatic heterocycles. The van der Waals surface area contributed by atoms with E-state index >= 15 is 0 Å². The Bertz CT molecular complexity index is 670. The zero-order chi connectivity index (χ0) is 32.7. The topological polar surface area (TPSA) is 51.4 Å². The average molecular weight is 630 g/mol. The van der Waals surface area contributed by atoms with Gasteiger partial charge < -0.3 is 0 Å². The molecule has 4 N–H and O–H groups in total. The first-order valence-corrected chi connectivity index (χ1v) is 19.4. The third-order valence-corrected chi connectivity index (χ3v) is 8.32. The van der Waals surface area contributed by atoms with Crippen LogP contribution in [-0.2, 0) is 0 Å². The Morgan fingerprint density at radius 3 is 1.22 bits per heavy atom. The van der Waals surface area contributed by atoms with Crippen LogP contribution in [0, 0.1) is 0 Å². The molecule has 0 radical (unpaired) electrons. The van der Waals surface area contributed by atoms with Crippen molar-refractivity contribution >= 4 is 0 Å². The monoisotopic (exact) mass is 630 g/mol. The van der Waals surface area contributed by atoms with Crippen LogP contribution in [0.15, 0.2) is 48.6 Å². The van der Waals surface area contributed by atoms with E-state index < -0.39 is 0 Å². The van der Waals surface area contributed by atoms with Crippen molar-refractivity contribution in [1.29, 1.82) is 0 Å². The maximum atomic E-state index is 3.48. The van der Waals surface area contributed by atoms with Gasteiger partial charge in [0.2, 0.25) is 0 Å². The van der Waals surface area contributed by atoms with E-state index in [2.05, 4.69) is 103 Å². The summed E-state index contributed by atoms with van der Waals surface area (Å²) >= 11 is 0. The van der Waals surface area contributed by atoms with Crippen LogP contribution in [-0.4, -0.2) is 44.8 Å². The van der Waals surface area contributed by atoms with Crippen LogP contribution in [0.1, 0.15) is 168 Å². The van der Waals surface area contributed by atoms with Crippen LogP contribution in [0.2, 0.25) is 0 Å². The summed E-state index contributed by atoms with van der Waals surface area (Å²) in [6.07, 6.45) is 50.1. The van der Waals surface area contributed by atoms with Crippen LogP contribution >= 0.6 is 0 Å². The molecule has 0 rings (SSSR count). The fraction of sp³-hybridized carbons (Fsp3) is 0.800. The summed E-state index contributed by atoms with van der Waals surface area (Å²) in [7, 11) is 4.26. The van der Waals surface area contributed by atoms with Crippen molar-refractivity contribution in [2.75, 3.05) is 33.7 Å². The molecular formula is C40H79N5. The minimum absolute atomic E-state index is 0.262. The lowest BCUT2D eigenvalue weighted by Gasteiger charge is -2.26. The normalized spacial score (nSPS) is 13.2. The number of hydrazine groups is 2. The highest BCUT2D eigenvalue weighted by Gasteiger charge is 2.09. The minimum Gasteiger partial charge on any atom is -0.292 e. The van der Waals surface area contributed by atoms with Crippen molar-refractivity contribution < 1.29 is 0 Å². The molecule has 0 amide bonds. The van der Waals surface area contributed by atoms with Crippen LogP contribution in [0.3, 0.4) is 0 Å². The molecule has 0 aliphatic carbocycles. The van der Waals surface area contributed by atoms with Crippen molar-refractivity contribution in [2.45, 2.75) is 174 Å². The predicted molar refractivity (Wildman–Crippen MR) is 203 cm³/mol. The summed E-state index contributed by atoms with van der Waals surface area (Å²) in [4.78, 5) is 2.22. The summed E-state index contributed by atoms with van der Waals surface area (Å²) in [5.74, 6) is 0. The number of nitrogens with zero attached hydrogens (tertiary/aromatic N) is 1. The molecule has 0 spiro atoms. The molecule has 0 aromatic rings. The number of rotatable bonds is 36. The van der Waals surface area contributed by atoms with Crippen molar-refractivity contribution in [2.24, 2.45) is 0 Å². The van der Waals surface area contributed by atoms with E-state index in [9.17, 15) is 0 Å². The van der Waals surface area contributed by atoms with Gasteiger partial charge in [0.25, 0.3) is 0 Å². The van der Waals surface area contributed by atoms with Gasteiger partial charge in [0.1, 0.15) is 0 Å². The first-order chi connectivity index (χ1) is 22.2. The van der Waals surface area contributed by atoms with Gasteiger partial charge in [-0.3, -0.25) is 21.2 Å². The minimum atomic E-state index is 0.262. The molecule has 5 heteroatoms. The number of hydrogen-bond donors (Lipinski definition) is 4. The zero-order valence-electron chi connectivity index (χ0n) is 30.7. The van der Waals surface area contributed by atoms with Gasteiger partial charge in [0, 0.05) is 19.6 Å². The van der Waals surface area contributed by atoms with E-state index in [1.165, 1.54) is 141 Å². The van der Waals surface area contributed by atoms with E-state index in [0.717, 1.165) is 32.5 Å². The van der Waals surface area contributed by atoms with E-state index in [1.807, 2.05) is 0 Å². The molecule has 1 atom stereocenters. The molecule has 0 aliphatic heterocycles. The fourth-order valence-electron chi connectivity index (χ4n) is 5.21. The Hall–Kier alpha value is -1.24. The Labute approximate surface area is 282 Å². The van der Waals surface area contributed by atoms with E-state index in [-0.39, 0.29) is 6.17 Å². The molecule has 0 heterocycles. The van der Waals surface area contributed by atoms with Gasteiger partial charge in [-0.15, -0.1) is 0 Å². The predicted octanol–water partition coefficient (Wildman–Crippen LogP) is 10.7. The summed E-state index contributed by atoms with van der Waals surface area (Å²) in [6.45, 7) is 7.46. The van der Waals surface area contributed by atoms with Crippen molar-refractivity contribution in [3.05, 3.63) is 48.6 Å². The first kappa shape index (κ1) is 43.8. The van der Waals surface area contributed by atoms with Gasteiger partial charge >= 0.3 is 0 Å². The molecule has 0 aliphatic rings. The number of nitrogens with one attached hydrogen (secondary N) is 4. The van der Waals surface area contributed by atoms with Gasteiger partial charge in [-0.2, -0.15) is 0 Å². The largest absolute Gasteiger partial charge is 0.292 e. The second-order valence-corrected chi connectivity index (χ2v) is 13.0. The molecule has 0 aromatic carbocycles. The van der Waals surface area contributed by atoms with Gasteiger partial charge in [-0.05, 0) is 91.1 Å². The molecule has 0 saturated carbocycles. The highest BCUT2D eigenvalue weighted by atomic mass is 15.5. The average Bonchev–Trinajstić information content (AvgIpc) is 3.04. The molecule has 45 heavy (non-hydrogen) atoms. The Balaban J connectivity index is 3.47. The maximum absolute atomic E-state index is 3.48. The lowest BCUT2D eigenvalue weighted by Crippen LogP contribution is -2.55. The van der Waals surface area contributed by atoms with Gasteiger partial charge in [-0.25, -0.2) is 5.43 Å². The van der Waals surface area contributed by atoms with Crippen LogP contribution < -0.4 is 21.7 Å². The maximum Gasteiger partial charge on any atom is 0.0864 e. The van der Waals surface area contributed by atoms with Gasteiger partial charge in [0.15, 0.2) is 0 Å². The Morgan fingerprint density at radius 1 is 0.422 bits per heavy atom. The summed E-state index contributed by atoms with van der Waals surface area (Å²) in [5.41, 5.74) is 13.8. The molecule has 5 nitrogen and oxygen atoms in total. The van der Waals surface area contributed by atoms with Crippen molar-refractivity contribution in [3.8, 4) is 0 Å². The lowest BCUT2D eigenvalue weighted by atomic mass is 10.1. The van der Waals surface area contributed by atoms with E-state index in [4.69, 9.17) is 0 Å². The molecular weight excluding hydrogens is 550 g/mol. The van der Waals surface area contributed by atoms with Crippen LogP contribution in [0.4, 0.5) is 0 Å². The van der Waals surface area contributed by atoms with Crippen LogP contribution in [0.25, 0.3) is 0 Å². The molecule has 0 bridgehead atoms. The zero-order valence-corrected chi connectivity index (χ0v) is 30.7. The van der Waals surface area contributed by atoms with Crippen LogP contribution in [0.5, 0.6) is 0 Å². The highest BCUT2D eigenvalue weighted by Crippen LogP contribution is 2.09. The Kier molecular flexibility index (Phi) is 37.9. The van der Waals surface area contributed by atoms with Crippen molar-refractivity contribution in [3.63, 3.8) is 0 Å². The molecule has 1 unspecified atom stereocenters. The van der Waals surface area contributed by atoms with Gasteiger partial charge in [0.05, 0.1) is 6.17 Å². The third-order valence-electron chi connectivity index (χ3n) is 8.32. The van der Waals surface area contributed by atoms with Crippen molar-refractivity contribution in [1.82, 2.24) is 26.6 Å². The van der Waals surface area contributed by atoms with E-state index in [1.54, 1.807) is 0 Å².